The fourth-order valence-electron chi connectivity index (χ4n) is 2.82. The second kappa shape index (κ2) is 5.15. The van der Waals surface area contributed by atoms with Gasteiger partial charge in [0.2, 0.25) is 0 Å². The molecule has 0 spiro atoms. The van der Waals surface area contributed by atoms with Gasteiger partial charge in [-0.15, -0.1) is 0 Å². The van der Waals surface area contributed by atoms with Crippen molar-refractivity contribution >= 4 is 16.5 Å². The highest BCUT2D eigenvalue weighted by molar-refractivity contribution is 7.15. The van der Waals surface area contributed by atoms with Crippen molar-refractivity contribution in [3.8, 4) is 0 Å². The van der Waals surface area contributed by atoms with Gasteiger partial charge in [-0.05, 0) is 33.4 Å². The zero-order valence-electron chi connectivity index (χ0n) is 11.3. The molecule has 2 aliphatic rings. The first-order valence-electron chi connectivity index (χ1n) is 6.88. The van der Waals surface area contributed by atoms with E-state index in [1.165, 1.54) is 28.5 Å². The van der Waals surface area contributed by atoms with Gasteiger partial charge in [0.25, 0.3) is 0 Å². The number of nitrogens with zero attached hydrogens (tertiary/aromatic N) is 3. The molecule has 100 valence electrons. The normalized spacial score (nSPS) is 25.2. The summed E-state index contributed by atoms with van der Waals surface area (Å²) in [5.74, 6) is 0. The van der Waals surface area contributed by atoms with Crippen LogP contribution in [-0.4, -0.2) is 50.2 Å². The number of hydrogen-bond donors (Lipinski definition) is 1. The highest BCUT2D eigenvalue weighted by Gasteiger charge is 2.26. The molecular formula is C13H22N4S. The van der Waals surface area contributed by atoms with Crippen LogP contribution in [0.3, 0.4) is 0 Å². The number of fused-ring (bicyclic) bond motifs is 1. The van der Waals surface area contributed by atoms with E-state index in [1.807, 2.05) is 11.3 Å². The predicted molar refractivity (Wildman–Crippen MR) is 76.6 cm³/mol. The number of hydrogen-bond acceptors (Lipinski definition) is 5. The first-order valence-corrected chi connectivity index (χ1v) is 7.70. The lowest BCUT2D eigenvalue weighted by Gasteiger charge is -2.32. The lowest BCUT2D eigenvalue weighted by molar-refractivity contribution is 0.312. The Hall–Kier alpha value is -0.650. The molecule has 0 bridgehead atoms. The third-order valence-electron chi connectivity index (χ3n) is 4.06. The first kappa shape index (κ1) is 12.4. The Bertz CT molecular complexity index is 409. The maximum Gasteiger partial charge on any atom is 0.185 e. The zero-order chi connectivity index (χ0) is 12.5. The zero-order valence-corrected chi connectivity index (χ0v) is 12.1. The van der Waals surface area contributed by atoms with Gasteiger partial charge in [0.15, 0.2) is 5.13 Å². The van der Waals surface area contributed by atoms with E-state index >= 15 is 0 Å². The van der Waals surface area contributed by atoms with Crippen molar-refractivity contribution in [3.05, 3.63) is 10.6 Å². The van der Waals surface area contributed by atoms with Crippen molar-refractivity contribution in [1.82, 2.24) is 15.2 Å². The minimum atomic E-state index is 0.535. The molecule has 1 aromatic rings. The Morgan fingerprint density at radius 2 is 2.06 bits per heavy atom. The van der Waals surface area contributed by atoms with Gasteiger partial charge in [0.1, 0.15) is 0 Å². The first-order chi connectivity index (χ1) is 8.78. The summed E-state index contributed by atoms with van der Waals surface area (Å²) in [4.78, 5) is 11.2. The monoisotopic (exact) mass is 266 g/mol. The number of likely N-dealkylation sites (N-methyl/N-ethyl adjacent to an activating group) is 1. The summed E-state index contributed by atoms with van der Waals surface area (Å²) in [6.07, 6.45) is 3.69. The average Bonchev–Trinajstić information content (AvgIpc) is 2.83. The maximum atomic E-state index is 4.88. The predicted octanol–water partition coefficient (Wildman–Crippen LogP) is 1.49. The molecule has 0 aromatic carbocycles. The Kier molecular flexibility index (Phi) is 3.54. The highest BCUT2D eigenvalue weighted by atomic mass is 32.1. The number of anilines is 1. The topological polar surface area (TPSA) is 31.4 Å². The largest absolute Gasteiger partial charge is 0.346 e. The molecule has 1 fully saturated rings. The number of aromatic nitrogens is 1. The smallest absolute Gasteiger partial charge is 0.185 e. The summed E-state index contributed by atoms with van der Waals surface area (Å²) in [7, 11) is 4.26. The van der Waals surface area contributed by atoms with Crippen LogP contribution in [0.2, 0.25) is 0 Å². The van der Waals surface area contributed by atoms with Crippen molar-refractivity contribution in [2.24, 2.45) is 0 Å². The van der Waals surface area contributed by atoms with E-state index in [9.17, 15) is 0 Å². The van der Waals surface area contributed by atoms with Crippen molar-refractivity contribution in [2.45, 2.75) is 25.3 Å². The van der Waals surface area contributed by atoms with E-state index in [-0.39, 0.29) is 0 Å². The van der Waals surface area contributed by atoms with E-state index in [0.29, 0.717) is 6.04 Å². The van der Waals surface area contributed by atoms with Gasteiger partial charge in [-0.1, -0.05) is 11.3 Å². The molecule has 1 aliphatic carbocycles. The molecule has 3 rings (SSSR count). The fraction of sp³-hybridized carbons (Fsp3) is 0.769. The molecule has 1 aromatic heterocycles. The molecule has 0 saturated carbocycles. The summed E-state index contributed by atoms with van der Waals surface area (Å²) in [6.45, 7) is 4.54. The molecule has 0 amide bonds. The van der Waals surface area contributed by atoms with E-state index in [2.05, 4.69) is 29.2 Å². The van der Waals surface area contributed by atoms with Gasteiger partial charge in [-0.2, -0.15) is 0 Å². The van der Waals surface area contributed by atoms with Crippen LogP contribution in [0.5, 0.6) is 0 Å². The molecule has 18 heavy (non-hydrogen) atoms. The summed E-state index contributed by atoms with van der Waals surface area (Å²) < 4.78 is 0. The standard InChI is InChI=1S/C13H22N4S/c1-14-10-4-3-5-11-12(10)18-13(15-11)17-8-6-16(2)7-9-17/h10,14H,3-9H2,1-2H3. The van der Waals surface area contributed by atoms with Crippen LogP contribution >= 0.6 is 11.3 Å². The van der Waals surface area contributed by atoms with Crippen molar-refractivity contribution < 1.29 is 0 Å². The molecular weight excluding hydrogens is 244 g/mol. The van der Waals surface area contributed by atoms with Gasteiger partial charge in [0, 0.05) is 37.1 Å². The van der Waals surface area contributed by atoms with E-state index in [1.54, 1.807) is 0 Å². The van der Waals surface area contributed by atoms with Crippen LogP contribution in [0, 0.1) is 0 Å². The Morgan fingerprint density at radius 1 is 1.28 bits per heavy atom. The average molecular weight is 266 g/mol. The molecule has 1 N–H and O–H groups in total. The lowest BCUT2D eigenvalue weighted by Crippen LogP contribution is -2.44. The highest BCUT2D eigenvalue weighted by Crippen LogP contribution is 2.37. The number of rotatable bonds is 2. The second-order valence-electron chi connectivity index (χ2n) is 5.33. The van der Waals surface area contributed by atoms with Crippen LogP contribution in [-0.2, 0) is 6.42 Å². The van der Waals surface area contributed by atoms with Crippen molar-refractivity contribution in [1.29, 1.82) is 0 Å². The van der Waals surface area contributed by atoms with Crippen molar-refractivity contribution in [3.63, 3.8) is 0 Å². The lowest BCUT2D eigenvalue weighted by atomic mass is 9.98. The third kappa shape index (κ3) is 2.27. The Labute approximate surface area is 113 Å². The van der Waals surface area contributed by atoms with Crippen LogP contribution in [0.4, 0.5) is 5.13 Å². The minimum Gasteiger partial charge on any atom is -0.346 e. The van der Waals surface area contributed by atoms with E-state index in [0.717, 1.165) is 32.6 Å². The minimum absolute atomic E-state index is 0.535. The van der Waals surface area contributed by atoms with Crippen LogP contribution in [0.15, 0.2) is 0 Å². The Morgan fingerprint density at radius 3 is 2.78 bits per heavy atom. The number of piperazine rings is 1. The molecule has 1 unspecified atom stereocenters. The maximum absolute atomic E-state index is 4.88. The quantitative estimate of drug-likeness (QED) is 0.879. The van der Waals surface area contributed by atoms with E-state index < -0.39 is 0 Å². The van der Waals surface area contributed by atoms with Gasteiger partial charge in [0.05, 0.1) is 5.69 Å². The Balaban J connectivity index is 1.80. The number of thiazole rings is 1. The van der Waals surface area contributed by atoms with Gasteiger partial charge < -0.3 is 15.1 Å². The van der Waals surface area contributed by atoms with Gasteiger partial charge in [-0.25, -0.2) is 4.98 Å². The van der Waals surface area contributed by atoms with Gasteiger partial charge in [-0.3, -0.25) is 0 Å². The van der Waals surface area contributed by atoms with Crippen LogP contribution < -0.4 is 10.2 Å². The third-order valence-corrected chi connectivity index (χ3v) is 5.33. The van der Waals surface area contributed by atoms with Crippen LogP contribution in [0.25, 0.3) is 0 Å². The van der Waals surface area contributed by atoms with Crippen LogP contribution in [0.1, 0.15) is 29.5 Å². The number of nitrogens with one attached hydrogen (secondary N) is 1. The van der Waals surface area contributed by atoms with Crippen molar-refractivity contribution in [2.75, 3.05) is 45.2 Å². The molecule has 5 heteroatoms. The van der Waals surface area contributed by atoms with Gasteiger partial charge >= 0.3 is 0 Å². The molecule has 1 atom stereocenters. The molecule has 2 heterocycles. The summed E-state index contributed by atoms with van der Waals surface area (Å²) in [5, 5.41) is 4.67. The SMILES string of the molecule is CNC1CCCc2nc(N3CCN(C)CC3)sc21. The summed E-state index contributed by atoms with van der Waals surface area (Å²) in [6, 6.07) is 0.535. The molecule has 1 aliphatic heterocycles. The van der Waals surface area contributed by atoms with E-state index in [4.69, 9.17) is 4.98 Å². The number of aryl methyl sites for hydroxylation is 1. The molecule has 1 saturated heterocycles. The summed E-state index contributed by atoms with van der Waals surface area (Å²) >= 11 is 1.91. The molecule has 0 radical (unpaired) electrons. The second-order valence-corrected chi connectivity index (χ2v) is 6.34. The molecule has 4 nitrogen and oxygen atoms in total. The summed E-state index contributed by atoms with van der Waals surface area (Å²) in [5.41, 5.74) is 1.35. The fourth-order valence-corrected chi connectivity index (χ4v) is 4.12.